The van der Waals surface area contributed by atoms with Crippen molar-refractivity contribution in [3.05, 3.63) is 22.7 Å². The Bertz CT molecular complexity index is 514. The molecule has 0 atom stereocenters. The van der Waals surface area contributed by atoms with E-state index in [1.807, 2.05) is 6.92 Å². The topological polar surface area (TPSA) is 56.8 Å². The normalized spacial score (nSPS) is 9.74. The first-order valence-corrected chi connectivity index (χ1v) is 6.22. The molecule has 0 fully saturated rings. The first-order chi connectivity index (χ1) is 9.01. The first kappa shape index (κ1) is 15.4. The average molecular weight is 330 g/mol. The molecule has 1 N–H and O–H groups in total. The number of carbonyl (C=O) groups is 1. The summed E-state index contributed by atoms with van der Waals surface area (Å²) in [5.41, 5.74) is 1.20. The van der Waals surface area contributed by atoms with Gasteiger partial charge in [-0.25, -0.2) is 0 Å². The lowest BCUT2D eigenvalue weighted by Gasteiger charge is -2.20. The van der Waals surface area contributed by atoms with Gasteiger partial charge in [0.25, 0.3) is 0 Å². The van der Waals surface area contributed by atoms with E-state index in [2.05, 4.69) is 27.8 Å². The maximum Gasteiger partial charge on any atom is 0.247 e. The molecule has 19 heavy (non-hydrogen) atoms. The van der Waals surface area contributed by atoms with Gasteiger partial charge in [0, 0.05) is 5.56 Å². The van der Waals surface area contributed by atoms with Crippen molar-refractivity contribution in [3.63, 3.8) is 0 Å². The lowest BCUT2D eigenvalue weighted by atomic mass is 10.1. The molecule has 104 valence electrons. The number of nitrogens with one attached hydrogen (secondary N) is 1. The SMILES string of the molecule is C=CC(=O)Nc1c(Br)c(OC)c(OC)c(C)c1OC. The van der Waals surface area contributed by atoms with Crippen LogP contribution >= 0.6 is 15.9 Å². The number of carbonyl (C=O) groups excluding carboxylic acids is 1. The smallest absolute Gasteiger partial charge is 0.247 e. The van der Waals surface area contributed by atoms with Crippen LogP contribution in [0, 0.1) is 6.92 Å². The predicted molar refractivity (Wildman–Crippen MR) is 77.4 cm³/mol. The fourth-order valence-electron chi connectivity index (χ4n) is 1.74. The summed E-state index contributed by atoms with van der Waals surface area (Å²) >= 11 is 3.38. The number of halogens is 1. The number of amides is 1. The number of methoxy groups -OCH3 is 3. The largest absolute Gasteiger partial charge is 0.494 e. The van der Waals surface area contributed by atoms with Gasteiger partial charge in [-0.15, -0.1) is 0 Å². The second kappa shape index (κ2) is 6.47. The van der Waals surface area contributed by atoms with Crippen molar-refractivity contribution in [1.29, 1.82) is 0 Å². The van der Waals surface area contributed by atoms with Gasteiger partial charge < -0.3 is 19.5 Å². The summed E-state index contributed by atoms with van der Waals surface area (Å²) in [5.74, 6) is 1.19. The van der Waals surface area contributed by atoms with E-state index in [-0.39, 0.29) is 5.91 Å². The van der Waals surface area contributed by atoms with Crippen LogP contribution in [0.5, 0.6) is 17.2 Å². The number of hydrogen-bond acceptors (Lipinski definition) is 4. The van der Waals surface area contributed by atoms with Crippen molar-refractivity contribution in [2.75, 3.05) is 26.6 Å². The van der Waals surface area contributed by atoms with Crippen molar-refractivity contribution >= 4 is 27.5 Å². The maximum atomic E-state index is 11.5. The van der Waals surface area contributed by atoms with Crippen molar-refractivity contribution < 1.29 is 19.0 Å². The third kappa shape index (κ3) is 2.84. The highest BCUT2D eigenvalue weighted by Gasteiger charge is 2.23. The monoisotopic (exact) mass is 329 g/mol. The minimum atomic E-state index is -0.342. The third-order valence-electron chi connectivity index (χ3n) is 2.58. The van der Waals surface area contributed by atoms with Crippen LogP contribution in [0.1, 0.15) is 5.56 Å². The lowest BCUT2D eigenvalue weighted by Crippen LogP contribution is -2.11. The second-order valence-electron chi connectivity index (χ2n) is 3.61. The quantitative estimate of drug-likeness (QED) is 0.844. The molecular weight excluding hydrogens is 314 g/mol. The summed E-state index contributed by atoms with van der Waals surface area (Å²) in [6.07, 6.45) is 1.18. The van der Waals surface area contributed by atoms with Crippen LogP contribution in [-0.4, -0.2) is 27.2 Å². The Balaban J connectivity index is 3.56. The van der Waals surface area contributed by atoms with Crippen molar-refractivity contribution in [2.24, 2.45) is 0 Å². The van der Waals surface area contributed by atoms with Gasteiger partial charge in [0.15, 0.2) is 11.5 Å². The summed E-state index contributed by atoms with van der Waals surface area (Å²) in [7, 11) is 4.58. The molecular formula is C13H16BrNO4. The van der Waals surface area contributed by atoms with Gasteiger partial charge in [0.05, 0.1) is 25.8 Å². The average Bonchev–Trinajstić information content (AvgIpc) is 2.42. The highest BCUT2D eigenvalue weighted by molar-refractivity contribution is 9.10. The Hall–Kier alpha value is -1.69. The highest BCUT2D eigenvalue weighted by atomic mass is 79.9. The molecule has 0 aromatic heterocycles. The lowest BCUT2D eigenvalue weighted by molar-refractivity contribution is -0.111. The standard InChI is InChI=1S/C13H16BrNO4/c1-6-8(16)15-10-9(14)13(19-5)12(18-4)7(2)11(10)17-3/h6H,1H2,2-5H3,(H,15,16). The molecule has 0 unspecified atom stereocenters. The zero-order valence-corrected chi connectivity index (χ0v) is 12.9. The molecule has 0 aliphatic heterocycles. The van der Waals surface area contributed by atoms with E-state index < -0.39 is 0 Å². The molecule has 1 aromatic carbocycles. The molecule has 1 rings (SSSR count). The number of rotatable bonds is 5. The second-order valence-corrected chi connectivity index (χ2v) is 4.40. The molecule has 0 spiro atoms. The Morgan fingerprint density at radius 1 is 1.16 bits per heavy atom. The summed E-state index contributed by atoms with van der Waals surface area (Å²) < 4.78 is 16.5. The third-order valence-corrected chi connectivity index (χ3v) is 3.34. The van der Waals surface area contributed by atoms with Crippen LogP contribution in [0.2, 0.25) is 0 Å². The van der Waals surface area contributed by atoms with E-state index in [0.29, 0.717) is 27.4 Å². The van der Waals surface area contributed by atoms with Crippen molar-refractivity contribution in [1.82, 2.24) is 0 Å². The van der Waals surface area contributed by atoms with Crippen molar-refractivity contribution in [2.45, 2.75) is 6.92 Å². The molecule has 6 heteroatoms. The Labute approximate surface area is 120 Å². The molecule has 0 heterocycles. The van der Waals surface area contributed by atoms with E-state index in [4.69, 9.17) is 14.2 Å². The molecule has 1 amide bonds. The summed E-state index contributed by atoms with van der Waals surface area (Å²) in [4.78, 5) is 11.5. The zero-order valence-electron chi connectivity index (χ0n) is 11.3. The first-order valence-electron chi connectivity index (χ1n) is 5.43. The molecule has 0 aliphatic rings. The minimum absolute atomic E-state index is 0.342. The van der Waals surface area contributed by atoms with Crippen LogP contribution < -0.4 is 19.5 Å². The summed E-state index contributed by atoms with van der Waals surface area (Å²) in [6, 6.07) is 0. The number of benzene rings is 1. The molecule has 1 aromatic rings. The van der Waals surface area contributed by atoms with E-state index in [9.17, 15) is 4.79 Å². The number of anilines is 1. The summed E-state index contributed by atoms with van der Waals surface area (Å²) in [6.45, 7) is 5.23. The fourth-order valence-corrected chi connectivity index (χ4v) is 2.36. The van der Waals surface area contributed by atoms with Gasteiger partial charge in [0.1, 0.15) is 11.4 Å². The molecule has 0 aliphatic carbocycles. The van der Waals surface area contributed by atoms with Crippen LogP contribution in [0.25, 0.3) is 0 Å². The van der Waals surface area contributed by atoms with Crippen molar-refractivity contribution in [3.8, 4) is 17.2 Å². The van der Waals surface area contributed by atoms with Crippen LogP contribution in [-0.2, 0) is 4.79 Å². The Morgan fingerprint density at radius 2 is 1.68 bits per heavy atom. The molecule has 0 radical (unpaired) electrons. The van der Waals surface area contributed by atoms with Gasteiger partial charge in [-0.3, -0.25) is 4.79 Å². The maximum absolute atomic E-state index is 11.5. The molecule has 0 bridgehead atoms. The van der Waals surface area contributed by atoms with E-state index in [1.54, 1.807) is 7.11 Å². The molecule has 5 nitrogen and oxygen atoms in total. The van der Waals surface area contributed by atoms with Crippen LogP contribution in [0.3, 0.4) is 0 Å². The van der Waals surface area contributed by atoms with E-state index in [0.717, 1.165) is 5.56 Å². The van der Waals surface area contributed by atoms with Gasteiger partial charge in [-0.2, -0.15) is 0 Å². The Kier molecular flexibility index (Phi) is 5.23. The van der Waals surface area contributed by atoms with E-state index >= 15 is 0 Å². The van der Waals surface area contributed by atoms with Crippen LogP contribution in [0.15, 0.2) is 17.1 Å². The number of hydrogen-bond donors (Lipinski definition) is 1. The highest BCUT2D eigenvalue weighted by Crippen LogP contribution is 2.49. The fraction of sp³-hybridized carbons (Fsp3) is 0.308. The zero-order chi connectivity index (χ0) is 14.6. The van der Waals surface area contributed by atoms with E-state index in [1.165, 1.54) is 20.3 Å². The number of ether oxygens (including phenoxy) is 3. The van der Waals surface area contributed by atoms with Gasteiger partial charge in [-0.1, -0.05) is 6.58 Å². The minimum Gasteiger partial charge on any atom is -0.494 e. The Morgan fingerprint density at radius 3 is 2.11 bits per heavy atom. The van der Waals surface area contributed by atoms with Gasteiger partial charge in [0.2, 0.25) is 5.91 Å². The van der Waals surface area contributed by atoms with Gasteiger partial charge >= 0.3 is 0 Å². The predicted octanol–water partition coefficient (Wildman–Crippen LogP) is 2.91. The van der Waals surface area contributed by atoms with Gasteiger partial charge in [-0.05, 0) is 28.9 Å². The van der Waals surface area contributed by atoms with Crippen LogP contribution in [0.4, 0.5) is 5.69 Å². The molecule has 0 saturated heterocycles. The summed E-state index contributed by atoms with van der Waals surface area (Å²) in [5, 5.41) is 2.68. The molecule has 0 saturated carbocycles.